The van der Waals surface area contributed by atoms with Gasteiger partial charge in [0, 0.05) is 18.0 Å². The van der Waals surface area contributed by atoms with Crippen LogP contribution in [0.5, 0.6) is 0 Å². The van der Waals surface area contributed by atoms with Crippen LogP contribution in [0.3, 0.4) is 0 Å². The molecule has 4 heterocycles. The highest BCUT2D eigenvalue weighted by Crippen LogP contribution is 2.40. The van der Waals surface area contributed by atoms with Gasteiger partial charge in [0.15, 0.2) is 5.82 Å². The summed E-state index contributed by atoms with van der Waals surface area (Å²) in [7, 11) is 0. The van der Waals surface area contributed by atoms with Crippen molar-refractivity contribution in [3.63, 3.8) is 0 Å². The van der Waals surface area contributed by atoms with Crippen molar-refractivity contribution in [2.45, 2.75) is 84.3 Å². The van der Waals surface area contributed by atoms with Crippen molar-refractivity contribution in [3.05, 3.63) is 16.3 Å². The predicted molar refractivity (Wildman–Crippen MR) is 121 cm³/mol. The number of fused-ring (bicyclic) bond motifs is 3. The van der Waals surface area contributed by atoms with Crippen LogP contribution in [0.2, 0.25) is 0 Å². The maximum Gasteiger partial charge on any atom is 0.187 e. The maximum absolute atomic E-state index is 6.02. The summed E-state index contributed by atoms with van der Waals surface area (Å²) in [6.45, 7) is 13.4. The number of rotatable bonds is 3. The first-order chi connectivity index (χ1) is 14.5. The fourth-order valence-corrected chi connectivity index (χ4v) is 6.87. The van der Waals surface area contributed by atoms with Gasteiger partial charge in [0.25, 0.3) is 0 Å². The van der Waals surface area contributed by atoms with Gasteiger partial charge in [-0.3, -0.25) is 0 Å². The Morgan fingerprint density at radius 2 is 1.60 bits per heavy atom. The number of hydrogen-bond acceptors (Lipinski definition) is 6. The molecular weight excluding hydrogens is 396 g/mol. The normalized spacial score (nSPS) is 32.4. The molecule has 3 aliphatic rings. The summed E-state index contributed by atoms with van der Waals surface area (Å²) < 4.78 is 12.0. The lowest BCUT2D eigenvalue weighted by atomic mass is 9.96. The third-order valence-electron chi connectivity index (χ3n) is 6.59. The molecule has 0 radical (unpaired) electrons. The molecular formula is C23H35N4O2S+. The van der Waals surface area contributed by atoms with E-state index in [1.165, 1.54) is 46.4 Å². The van der Waals surface area contributed by atoms with Gasteiger partial charge in [-0.15, -0.1) is 11.3 Å². The number of morpholine rings is 2. The lowest BCUT2D eigenvalue weighted by molar-refractivity contribution is -0.928. The molecule has 5 atom stereocenters. The molecule has 5 rings (SSSR count). The Morgan fingerprint density at radius 3 is 2.33 bits per heavy atom. The van der Waals surface area contributed by atoms with E-state index in [1.807, 2.05) is 11.3 Å². The van der Waals surface area contributed by atoms with Crippen molar-refractivity contribution < 1.29 is 14.4 Å². The Bertz CT molecular complexity index is 896. The number of ether oxygens (including phenoxy) is 2. The molecule has 0 aromatic carbocycles. The van der Waals surface area contributed by atoms with Crippen LogP contribution in [-0.2, 0) is 28.9 Å². The van der Waals surface area contributed by atoms with Gasteiger partial charge in [-0.25, -0.2) is 9.97 Å². The van der Waals surface area contributed by atoms with E-state index in [1.54, 1.807) is 4.88 Å². The second kappa shape index (κ2) is 8.34. The number of anilines is 1. The minimum atomic E-state index is 0.225. The molecule has 164 valence electrons. The van der Waals surface area contributed by atoms with E-state index in [9.17, 15) is 0 Å². The van der Waals surface area contributed by atoms with Crippen molar-refractivity contribution >= 4 is 27.4 Å². The van der Waals surface area contributed by atoms with Gasteiger partial charge in [-0.1, -0.05) is 0 Å². The molecule has 30 heavy (non-hydrogen) atoms. The van der Waals surface area contributed by atoms with E-state index < -0.39 is 0 Å². The lowest BCUT2D eigenvalue weighted by Gasteiger charge is -2.37. The Hall–Kier alpha value is -1.28. The van der Waals surface area contributed by atoms with Gasteiger partial charge in [0.05, 0.1) is 17.6 Å². The second-order valence-corrected chi connectivity index (χ2v) is 10.7. The average Bonchev–Trinajstić information content (AvgIpc) is 3.04. The Kier molecular flexibility index (Phi) is 5.73. The molecule has 7 heteroatoms. The molecule has 0 saturated carbocycles. The zero-order valence-corrected chi connectivity index (χ0v) is 19.6. The van der Waals surface area contributed by atoms with Crippen LogP contribution < -0.4 is 9.80 Å². The molecule has 0 bridgehead atoms. The van der Waals surface area contributed by atoms with Gasteiger partial charge >= 0.3 is 0 Å². The van der Waals surface area contributed by atoms with Crippen molar-refractivity contribution in [2.24, 2.45) is 0 Å². The number of nitrogens with one attached hydrogen (secondary N) is 1. The summed E-state index contributed by atoms with van der Waals surface area (Å²) in [4.78, 5) is 17.1. The molecule has 0 spiro atoms. The van der Waals surface area contributed by atoms with Crippen molar-refractivity contribution in [2.75, 3.05) is 31.1 Å². The first-order valence-corrected chi connectivity index (χ1v) is 12.5. The smallest absolute Gasteiger partial charge is 0.187 e. The molecule has 1 N–H and O–H groups in total. The molecule has 2 aliphatic heterocycles. The monoisotopic (exact) mass is 431 g/mol. The predicted octanol–water partition coefficient (Wildman–Crippen LogP) is 2.38. The summed E-state index contributed by atoms with van der Waals surface area (Å²) in [6, 6.07) is 0. The molecule has 1 unspecified atom stereocenters. The first kappa shape index (κ1) is 20.6. The molecule has 2 aromatic rings. The Balaban J connectivity index is 1.54. The SMILES string of the molecule is C[C@@H]1CN(c2nc(C[NH+]3C[C@@H](C)O[C@@H](C)C3)nc3sc4c(c23)CCCC4)C[C@H](C)O1. The number of aromatic nitrogens is 2. The van der Waals surface area contributed by atoms with Gasteiger partial charge in [0.1, 0.15) is 42.5 Å². The fraction of sp³-hybridized carbons (Fsp3) is 0.739. The topological polar surface area (TPSA) is 51.9 Å². The Morgan fingerprint density at radius 1 is 0.933 bits per heavy atom. The van der Waals surface area contributed by atoms with E-state index in [4.69, 9.17) is 19.4 Å². The van der Waals surface area contributed by atoms with Gasteiger partial charge in [-0.2, -0.15) is 0 Å². The highest BCUT2D eigenvalue weighted by molar-refractivity contribution is 7.19. The van der Waals surface area contributed by atoms with Crippen molar-refractivity contribution in [3.8, 4) is 0 Å². The molecule has 2 saturated heterocycles. The van der Waals surface area contributed by atoms with Crippen LogP contribution >= 0.6 is 11.3 Å². The fourth-order valence-electron chi connectivity index (χ4n) is 5.60. The molecule has 0 amide bonds. The number of hydrogen-bond donors (Lipinski definition) is 1. The third-order valence-corrected chi connectivity index (χ3v) is 7.77. The Labute approximate surface area is 183 Å². The lowest BCUT2D eigenvalue weighted by Crippen LogP contribution is -3.14. The van der Waals surface area contributed by atoms with Crippen LogP contribution in [0.25, 0.3) is 10.2 Å². The van der Waals surface area contributed by atoms with Crippen molar-refractivity contribution in [1.29, 1.82) is 0 Å². The quantitative estimate of drug-likeness (QED) is 0.809. The van der Waals surface area contributed by atoms with E-state index in [-0.39, 0.29) is 12.2 Å². The minimum Gasteiger partial charge on any atom is -0.372 e. The summed E-state index contributed by atoms with van der Waals surface area (Å²) in [6.07, 6.45) is 5.99. The zero-order valence-electron chi connectivity index (χ0n) is 18.7. The summed E-state index contributed by atoms with van der Waals surface area (Å²) in [5.74, 6) is 2.14. The third kappa shape index (κ3) is 4.09. The van der Waals surface area contributed by atoms with Gasteiger partial charge < -0.3 is 19.3 Å². The number of nitrogens with zero attached hydrogens (tertiary/aromatic N) is 3. The van der Waals surface area contributed by atoms with E-state index in [0.717, 1.165) is 44.4 Å². The number of aryl methyl sites for hydroxylation is 2. The standard InChI is InChI=1S/C23H34N4O2S/c1-14-9-26(10-15(2)28-14)13-20-24-22(27-11-16(3)29-17(4)12-27)21-18-7-5-6-8-19(18)30-23(21)25-20/h14-17H,5-13H2,1-4H3/p+1/t14-,15+,16-,17+. The van der Waals surface area contributed by atoms with E-state index >= 15 is 0 Å². The average molecular weight is 432 g/mol. The summed E-state index contributed by atoms with van der Waals surface area (Å²) in [5, 5.41) is 1.33. The summed E-state index contributed by atoms with van der Waals surface area (Å²) in [5.41, 5.74) is 1.52. The van der Waals surface area contributed by atoms with Crippen LogP contribution in [0, 0.1) is 0 Å². The second-order valence-electron chi connectivity index (χ2n) is 9.61. The van der Waals surface area contributed by atoms with Crippen LogP contribution in [0.15, 0.2) is 0 Å². The molecule has 1 aliphatic carbocycles. The first-order valence-electron chi connectivity index (χ1n) is 11.7. The molecule has 6 nitrogen and oxygen atoms in total. The summed E-state index contributed by atoms with van der Waals surface area (Å²) >= 11 is 1.91. The highest BCUT2D eigenvalue weighted by atomic mass is 32.1. The van der Waals surface area contributed by atoms with Crippen molar-refractivity contribution in [1.82, 2.24) is 9.97 Å². The highest BCUT2D eigenvalue weighted by Gasteiger charge is 2.31. The number of thiophene rings is 1. The largest absolute Gasteiger partial charge is 0.372 e. The van der Waals surface area contributed by atoms with Gasteiger partial charge in [-0.05, 0) is 58.9 Å². The van der Waals surface area contributed by atoms with Gasteiger partial charge in [0.2, 0.25) is 0 Å². The van der Waals surface area contributed by atoms with E-state index in [2.05, 4.69) is 32.6 Å². The molecule has 2 fully saturated rings. The van der Waals surface area contributed by atoms with Crippen LogP contribution in [0.1, 0.15) is 56.8 Å². The molecule has 2 aromatic heterocycles. The minimum absolute atomic E-state index is 0.225. The van der Waals surface area contributed by atoms with Crippen LogP contribution in [-0.4, -0.2) is 60.6 Å². The number of quaternary nitrogens is 1. The maximum atomic E-state index is 6.02. The van der Waals surface area contributed by atoms with Crippen LogP contribution in [0.4, 0.5) is 5.82 Å². The van der Waals surface area contributed by atoms with E-state index in [0.29, 0.717) is 12.2 Å². The zero-order chi connectivity index (χ0) is 20.8.